The predicted molar refractivity (Wildman–Crippen MR) is 124 cm³/mol. The van der Waals surface area contributed by atoms with E-state index in [1.807, 2.05) is 72.2 Å². The lowest BCUT2D eigenvalue weighted by molar-refractivity contribution is 0.0728. The van der Waals surface area contributed by atoms with Crippen molar-refractivity contribution in [2.24, 2.45) is 0 Å². The number of aromatic nitrogens is 3. The third kappa shape index (κ3) is 4.67. The van der Waals surface area contributed by atoms with E-state index in [0.29, 0.717) is 24.5 Å². The molecule has 1 atom stereocenters. The standard InChI is InChI=1S/C25H31N5O2/c1-4-23-26-14-16-30(23)24-13-7-10-20(27-24)21-11-8-15-29(21)25(31)19-9-5-6-12-22(19)32-18-17-28(2)3/h5-7,9-10,12-14,16,21H,4,8,11,15,17-18H2,1-3H3/t21-/m0/s1. The minimum atomic E-state index is -0.0501. The van der Waals surface area contributed by atoms with Crippen LogP contribution in [0.3, 0.4) is 0 Å². The second-order valence-electron chi connectivity index (χ2n) is 8.29. The van der Waals surface area contributed by atoms with E-state index in [1.54, 1.807) is 6.20 Å². The van der Waals surface area contributed by atoms with Crippen molar-refractivity contribution in [1.82, 2.24) is 24.3 Å². The molecule has 7 nitrogen and oxygen atoms in total. The van der Waals surface area contributed by atoms with Crippen molar-refractivity contribution < 1.29 is 9.53 Å². The Hall–Kier alpha value is -3.19. The molecule has 3 aromatic rings. The number of benzene rings is 1. The van der Waals surface area contributed by atoms with Gasteiger partial charge in [-0.15, -0.1) is 0 Å². The quantitative estimate of drug-likeness (QED) is 0.541. The van der Waals surface area contributed by atoms with E-state index in [1.165, 1.54) is 0 Å². The minimum absolute atomic E-state index is 0.00275. The SMILES string of the molecule is CCc1nccn1-c1cccc([C@@H]2CCCN2C(=O)c2ccccc2OCCN(C)C)n1. The highest BCUT2D eigenvalue weighted by atomic mass is 16.5. The first-order chi connectivity index (χ1) is 15.6. The average molecular weight is 434 g/mol. The molecule has 1 aliphatic rings. The Morgan fingerprint density at radius 3 is 2.84 bits per heavy atom. The number of hydrogen-bond donors (Lipinski definition) is 0. The highest BCUT2D eigenvalue weighted by Crippen LogP contribution is 2.34. The number of rotatable bonds is 8. The van der Waals surface area contributed by atoms with Crippen LogP contribution in [-0.2, 0) is 6.42 Å². The summed E-state index contributed by atoms with van der Waals surface area (Å²) in [5, 5.41) is 0. The van der Waals surface area contributed by atoms with Crippen LogP contribution in [0.2, 0.25) is 0 Å². The Labute approximate surface area is 189 Å². The molecule has 0 bridgehead atoms. The second-order valence-corrected chi connectivity index (χ2v) is 8.29. The van der Waals surface area contributed by atoms with Crippen molar-refractivity contribution in [3.63, 3.8) is 0 Å². The minimum Gasteiger partial charge on any atom is -0.491 e. The van der Waals surface area contributed by atoms with Gasteiger partial charge in [0.25, 0.3) is 5.91 Å². The van der Waals surface area contributed by atoms with Gasteiger partial charge in [0, 0.05) is 31.9 Å². The molecule has 0 saturated carbocycles. The van der Waals surface area contributed by atoms with Crippen molar-refractivity contribution in [3.05, 3.63) is 71.9 Å². The van der Waals surface area contributed by atoms with E-state index in [9.17, 15) is 4.79 Å². The van der Waals surface area contributed by atoms with Crippen LogP contribution in [0.1, 0.15) is 47.7 Å². The molecule has 1 aliphatic heterocycles. The van der Waals surface area contributed by atoms with Crippen LogP contribution >= 0.6 is 0 Å². The largest absolute Gasteiger partial charge is 0.491 e. The normalized spacial score (nSPS) is 16.0. The number of imidazole rings is 1. The van der Waals surface area contributed by atoms with Crippen LogP contribution in [-0.4, -0.2) is 64.0 Å². The summed E-state index contributed by atoms with van der Waals surface area (Å²) < 4.78 is 7.96. The van der Waals surface area contributed by atoms with Gasteiger partial charge in [-0.25, -0.2) is 9.97 Å². The number of amides is 1. The highest BCUT2D eigenvalue weighted by Gasteiger charge is 2.33. The summed E-state index contributed by atoms with van der Waals surface area (Å²) in [5.41, 5.74) is 1.52. The molecule has 1 saturated heterocycles. The smallest absolute Gasteiger partial charge is 0.258 e. The molecule has 1 aromatic carbocycles. The van der Waals surface area contributed by atoms with Gasteiger partial charge in [-0.1, -0.05) is 25.1 Å². The molecule has 2 aromatic heterocycles. The maximum absolute atomic E-state index is 13.6. The molecule has 0 radical (unpaired) electrons. The van der Waals surface area contributed by atoms with Gasteiger partial charge in [0.15, 0.2) is 0 Å². The lowest BCUT2D eigenvalue weighted by Crippen LogP contribution is -2.31. The number of para-hydroxylation sites is 1. The van der Waals surface area contributed by atoms with Crippen molar-refractivity contribution >= 4 is 5.91 Å². The van der Waals surface area contributed by atoms with Crippen molar-refractivity contribution in [2.45, 2.75) is 32.2 Å². The third-order valence-electron chi connectivity index (χ3n) is 5.80. The number of ether oxygens (including phenoxy) is 1. The molecule has 1 amide bonds. The summed E-state index contributed by atoms with van der Waals surface area (Å²) in [6.07, 6.45) is 6.42. The van der Waals surface area contributed by atoms with Crippen LogP contribution in [0.5, 0.6) is 5.75 Å². The Morgan fingerprint density at radius 1 is 1.19 bits per heavy atom. The Morgan fingerprint density at radius 2 is 2.03 bits per heavy atom. The van der Waals surface area contributed by atoms with Crippen molar-refractivity contribution in [2.75, 3.05) is 33.8 Å². The van der Waals surface area contributed by atoms with Crippen LogP contribution in [0.25, 0.3) is 5.82 Å². The Bertz CT molecular complexity index is 1060. The molecule has 7 heteroatoms. The molecule has 0 aliphatic carbocycles. The van der Waals surface area contributed by atoms with E-state index in [-0.39, 0.29) is 11.9 Å². The van der Waals surface area contributed by atoms with Gasteiger partial charge in [-0.3, -0.25) is 9.36 Å². The van der Waals surface area contributed by atoms with Gasteiger partial charge < -0.3 is 14.5 Å². The Kier molecular flexibility index (Phi) is 6.85. The fourth-order valence-electron chi connectivity index (χ4n) is 4.14. The zero-order valence-corrected chi connectivity index (χ0v) is 19.1. The van der Waals surface area contributed by atoms with Gasteiger partial charge in [0.1, 0.15) is 24.0 Å². The van der Waals surface area contributed by atoms with Gasteiger partial charge in [0.2, 0.25) is 0 Å². The predicted octanol–water partition coefficient (Wildman–Crippen LogP) is 3.75. The molecule has 32 heavy (non-hydrogen) atoms. The fourth-order valence-corrected chi connectivity index (χ4v) is 4.14. The number of pyridine rings is 1. The van der Waals surface area contributed by atoms with Gasteiger partial charge in [0.05, 0.1) is 17.3 Å². The molecular weight excluding hydrogens is 402 g/mol. The lowest BCUT2D eigenvalue weighted by Gasteiger charge is -2.26. The number of aryl methyl sites for hydroxylation is 1. The van der Waals surface area contributed by atoms with Crippen LogP contribution < -0.4 is 4.74 Å². The third-order valence-corrected chi connectivity index (χ3v) is 5.80. The molecule has 3 heterocycles. The Balaban J connectivity index is 1.57. The van der Waals surface area contributed by atoms with Gasteiger partial charge >= 0.3 is 0 Å². The van der Waals surface area contributed by atoms with Gasteiger partial charge in [-0.2, -0.15) is 0 Å². The molecule has 0 spiro atoms. The van der Waals surface area contributed by atoms with Crippen LogP contribution in [0, 0.1) is 0 Å². The summed E-state index contributed by atoms with van der Waals surface area (Å²) in [7, 11) is 4.01. The van der Waals surface area contributed by atoms with Crippen molar-refractivity contribution in [1.29, 1.82) is 0 Å². The monoisotopic (exact) mass is 433 g/mol. The van der Waals surface area contributed by atoms with E-state index in [2.05, 4.69) is 16.8 Å². The summed E-state index contributed by atoms with van der Waals surface area (Å²) in [6, 6.07) is 13.5. The topological polar surface area (TPSA) is 63.5 Å². The summed E-state index contributed by atoms with van der Waals surface area (Å²) in [4.78, 5) is 26.9. The molecule has 4 rings (SSSR count). The summed E-state index contributed by atoms with van der Waals surface area (Å²) >= 11 is 0. The summed E-state index contributed by atoms with van der Waals surface area (Å²) in [6.45, 7) is 4.12. The first-order valence-corrected chi connectivity index (χ1v) is 11.3. The van der Waals surface area contributed by atoms with E-state index >= 15 is 0 Å². The molecular formula is C25H31N5O2. The summed E-state index contributed by atoms with van der Waals surface area (Å²) in [5.74, 6) is 2.44. The highest BCUT2D eigenvalue weighted by molar-refractivity contribution is 5.97. The number of carbonyl (C=O) groups excluding carboxylic acids is 1. The zero-order chi connectivity index (χ0) is 22.5. The molecule has 1 fully saturated rings. The maximum Gasteiger partial charge on any atom is 0.258 e. The number of hydrogen-bond acceptors (Lipinski definition) is 5. The molecule has 0 N–H and O–H groups in total. The molecule has 0 unspecified atom stereocenters. The van der Waals surface area contributed by atoms with E-state index < -0.39 is 0 Å². The first-order valence-electron chi connectivity index (χ1n) is 11.3. The first kappa shape index (κ1) is 22.0. The number of likely N-dealkylation sites (tertiary alicyclic amines) is 1. The average Bonchev–Trinajstić information content (AvgIpc) is 3.48. The second kappa shape index (κ2) is 9.96. The fraction of sp³-hybridized carbons (Fsp3) is 0.400. The number of likely N-dealkylation sites (N-methyl/N-ethyl adjacent to an activating group) is 1. The van der Waals surface area contributed by atoms with Gasteiger partial charge in [-0.05, 0) is 51.2 Å². The van der Waals surface area contributed by atoms with Crippen molar-refractivity contribution in [3.8, 4) is 11.6 Å². The van der Waals surface area contributed by atoms with Crippen LogP contribution in [0.15, 0.2) is 54.9 Å². The number of nitrogens with zero attached hydrogens (tertiary/aromatic N) is 5. The maximum atomic E-state index is 13.6. The van der Waals surface area contributed by atoms with Crippen LogP contribution in [0.4, 0.5) is 0 Å². The van der Waals surface area contributed by atoms with E-state index in [4.69, 9.17) is 9.72 Å². The number of carbonyl (C=O) groups is 1. The zero-order valence-electron chi connectivity index (χ0n) is 19.1. The lowest BCUT2D eigenvalue weighted by atomic mass is 10.1. The van der Waals surface area contributed by atoms with E-state index in [0.717, 1.165) is 43.1 Å². The molecule has 168 valence electrons.